The number of benzene rings is 2. The van der Waals surface area contributed by atoms with Gasteiger partial charge in [0.05, 0.1) is 0 Å². The lowest BCUT2D eigenvalue weighted by Crippen LogP contribution is -2.39. The lowest BCUT2D eigenvalue weighted by atomic mass is 10.0. The van der Waals surface area contributed by atoms with Crippen LogP contribution in [0.2, 0.25) is 0 Å². The van der Waals surface area contributed by atoms with Crippen molar-refractivity contribution >= 4 is 40.7 Å². The summed E-state index contributed by atoms with van der Waals surface area (Å²) in [5.74, 6) is 2.35. The Morgan fingerprint density at radius 3 is 2.30 bits per heavy atom. The van der Waals surface area contributed by atoms with Crippen molar-refractivity contribution in [3.63, 3.8) is 0 Å². The number of nitrogens with one attached hydrogen (secondary N) is 2. The highest BCUT2D eigenvalue weighted by molar-refractivity contribution is 14.0. The molecule has 0 saturated carbocycles. The predicted molar refractivity (Wildman–Crippen MR) is 127 cm³/mol. The zero-order valence-electron chi connectivity index (χ0n) is 16.1. The molecule has 4 nitrogen and oxygen atoms in total. The van der Waals surface area contributed by atoms with Crippen LogP contribution in [0.5, 0.6) is 0 Å². The molecular formula is C21H30IN3OS. The summed E-state index contributed by atoms with van der Waals surface area (Å²) >= 11 is 0. The first kappa shape index (κ1) is 23.6. The topological polar surface area (TPSA) is 53.5 Å². The van der Waals surface area contributed by atoms with Crippen LogP contribution < -0.4 is 10.6 Å². The van der Waals surface area contributed by atoms with Gasteiger partial charge in [0.15, 0.2) is 5.96 Å². The molecular weight excluding hydrogens is 469 g/mol. The van der Waals surface area contributed by atoms with Crippen molar-refractivity contribution in [3.8, 4) is 0 Å². The molecule has 148 valence electrons. The van der Waals surface area contributed by atoms with Crippen LogP contribution in [0.4, 0.5) is 0 Å². The van der Waals surface area contributed by atoms with Crippen molar-refractivity contribution in [2.24, 2.45) is 4.99 Å². The molecule has 0 aromatic heterocycles. The van der Waals surface area contributed by atoms with Gasteiger partial charge in [-0.2, -0.15) is 0 Å². The predicted octanol–water partition coefficient (Wildman–Crippen LogP) is 3.91. The number of halogens is 1. The number of hydrogen-bond donors (Lipinski definition) is 2. The highest BCUT2D eigenvalue weighted by Crippen LogP contribution is 2.14. The second-order valence-corrected chi connectivity index (χ2v) is 7.81. The van der Waals surface area contributed by atoms with Gasteiger partial charge in [-0.1, -0.05) is 67.6 Å². The standard InChI is InChI=1S/C21H29N3OS.HI/c1-3-22-21(24-16-18(2)20-12-8-5-9-13-20)23-14-15-26(25)17-19-10-6-4-7-11-19;/h4-13,18H,3,14-17H2,1-2H3,(H2,22,23,24);1H. The van der Waals surface area contributed by atoms with Gasteiger partial charge in [-0.15, -0.1) is 24.0 Å². The van der Waals surface area contributed by atoms with E-state index < -0.39 is 10.8 Å². The molecule has 2 N–H and O–H groups in total. The van der Waals surface area contributed by atoms with E-state index in [0.29, 0.717) is 30.5 Å². The van der Waals surface area contributed by atoms with Crippen molar-refractivity contribution in [1.82, 2.24) is 10.6 Å². The van der Waals surface area contributed by atoms with E-state index in [1.165, 1.54) is 5.56 Å². The highest BCUT2D eigenvalue weighted by Gasteiger charge is 2.06. The molecule has 2 unspecified atom stereocenters. The third-order valence-corrected chi connectivity index (χ3v) is 5.34. The maximum Gasteiger partial charge on any atom is 0.191 e. The van der Waals surface area contributed by atoms with Gasteiger partial charge in [-0.3, -0.25) is 9.20 Å². The summed E-state index contributed by atoms with van der Waals surface area (Å²) in [6.45, 7) is 6.39. The van der Waals surface area contributed by atoms with Crippen LogP contribution in [0, 0.1) is 0 Å². The molecule has 0 radical (unpaired) electrons. The van der Waals surface area contributed by atoms with Crippen LogP contribution in [0.1, 0.15) is 30.9 Å². The van der Waals surface area contributed by atoms with Crippen molar-refractivity contribution in [2.75, 3.05) is 25.4 Å². The van der Waals surface area contributed by atoms with E-state index in [1.807, 2.05) is 43.3 Å². The van der Waals surface area contributed by atoms with Gasteiger partial charge in [0.2, 0.25) is 0 Å². The monoisotopic (exact) mass is 499 g/mol. The molecule has 2 atom stereocenters. The van der Waals surface area contributed by atoms with Gasteiger partial charge in [0.1, 0.15) is 0 Å². The molecule has 0 aliphatic carbocycles. The molecule has 0 spiro atoms. The smallest absolute Gasteiger partial charge is 0.191 e. The molecule has 0 bridgehead atoms. The summed E-state index contributed by atoms with van der Waals surface area (Å²) in [5, 5.41) is 6.54. The van der Waals surface area contributed by atoms with Gasteiger partial charge in [-0.05, 0) is 18.1 Å². The number of aliphatic imine (C=N–C) groups is 1. The fourth-order valence-corrected chi connectivity index (χ4v) is 3.61. The molecule has 0 fully saturated rings. The minimum atomic E-state index is -0.879. The quantitative estimate of drug-likeness (QED) is 0.313. The number of hydrogen-bond acceptors (Lipinski definition) is 2. The van der Waals surface area contributed by atoms with Gasteiger partial charge >= 0.3 is 0 Å². The minimum absolute atomic E-state index is 0. The average Bonchev–Trinajstić information content (AvgIpc) is 2.67. The van der Waals surface area contributed by atoms with Crippen LogP contribution in [-0.2, 0) is 16.6 Å². The maximum absolute atomic E-state index is 12.2. The lowest BCUT2D eigenvalue weighted by Gasteiger charge is -2.13. The van der Waals surface area contributed by atoms with E-state index in [-0.39, 0.29) is 24.0 Å². The third-order valence-electron chi connectivity index (χ3n) is 4.03. The molecule has 0 heterocycles. The minimum Gasteiger partial charge on any atom is -0.357 e. The summed E-state index contributed by atoms with van der Waals surface area (Å²) in [7, 11) is -0.879. The molecule has 0 saturated heterocycles. The first-order valence-electron chi connectivity index (χ1n) is 9.15. The Balaban J connectivity index is 0.00000364. The van der Waals surface area contributed by atoms with Crippen LogP contribution in [0.25, 0.3) is 0 Å². The van der Waals surface area contributed by atoms with Gasteiger partial charge in [0.25, 0.3) is 0 Å². The summed E-state index contributed by atoms with van der Waals surface area (Å²) in [5.41, 5.74) is 2.40. The van der Waals surface area contributed by atoms with E-state index in [9.17, 15) is 4.21 Å². The Bertz CT molecular complexity index is 695. The Labute approximate surface area is 182 Å². The normalized spacial score (nSPS) is 13.3. The molecule has 2 aromatic carbocycles. The van der Waals surface area contributed by atoms with Gasteiger partial charge in [-0.25, -0.2) is 0 Å². The van der Waals surface area contributed by atoms with Crippen LogP contribution in [-0.4, -0.2) is 35.6 Å². The zero-order valence-corrected chi connectivity index (χ0v) is 19.2. The van der Waals surface area contributed by atoms with E-state index >= 15 is 0 Å². The molecule has 2 aromatic rings. The fraction of sp³-hybridized carbons (Fsp3) is 0.381. The van der Waals surface area contributed by atoms with Gasteiger partial charge in [0, 0.05) is 47.9 Å². The van der Waals surface area contributed by atoms with Crippen LogP contribution >= 0.6 is 24.0 Å². The highest BCUT2D eigenvalue weighted by atomic mass is 127. The second-order valence-electron chi connectivity index (χ2n) is 6.23. The average molecular weight is 499 g/mol. The third kappa shape index (κ3) is 9.37. The second kappa shape index (κ2) is 13.7. The Morgan fingerprint density at radius 1 is 1.04 bits per heavy atom. The maximum atomic E-state index is 12.2. The van der Waals surface area contributed by atoms with Crippen molar-refractivity contribution in [3.05, 3.63) is 71.8 Å². The largest absolute Gasteiger partial charge is 0.357 e. The lowest BCUT2D eigenvalue weighted by molar-refractivity contribution is 0.680. The van der Waals surface area contributed by atoms with E-state index in [4.69, 9.17) is 0 Å². The first-order chi connectivity index (χ1) is 12.7. The van der Waals surface area contributed by atoms with Crippen LogP contribution in [0.15, 0.2) is 65.7 Å². The molecule has 0 aliphatic heterocycles. The molecule has 0 amide bonds. The molecule has 2 rings (SSSR count). The van der Waals surface area contributed by atoms with Gasteiger partial charge < -0.3 is 10.6 Å². The molecule has 0 aliphatic rings. The van der Waals surface area contributed by atoms with E-state index in [2.05, 4.69) is 46.8 Å². The fourth-order valence-electron chi connectivity index (χ4n) is 2.57. The van der Waals surface area contributed by atoms with Crippen LogP contribution in [0.3, 0.4) is 0 Å². The zero-order chi connectivity index (χ0) is 18.6. The van der Waals surface area contributed by atoms with E-state index in [1.54, 1.807) is 0 Å². The number of rotatable bonds is 9. The summed E-state index contributed by atoms with van der Waals surface area (Å²) in [6, 6.07) is 20.4. The van der Waals surface area contributed by atoms with E-state index in [0.717, 1.165) is 18.1 Å². The van der Waals surface area contributed by atoms with Crippen molar-refractivity contribution in [2.45, 2.75) is 25.5 Å². The Morgan fingerprint density at radius 2 is 1.67 bits per heavy atom. The summed E-state index contributed by atoms with van der Waals surface area (Å²) in [6.07, 6.45) is 0. The molecule has 27 heavy (non-hydrogen) atoms. The number of nitrogens with zero attached hydrogens (tertiary/aromatic N) is 1. The van der Waals surface area contributed by atoms with Crippen molar-refractivity contribution in [1.29, 1.82) is 0 Å². The molecule has 6 heteroatoms. The summed E-state index contributed by atoms with van der Waals surface area (Å²) < 4.78 is 12.2. The Hall–Kier alpha value is -1.41. The Kier molecular flexibility index (Phi) is 12.0. The number of guanidine groups is 1. The van der Waals surface area contributed by atoms with Crippen molar-refractivity contribution < 1.29 is 4.21 Å². The SMILES string of the molecule is CCNC(=NCC(C)c1ccccc1)NCCS(=O)Cc1ccccc1.I. The first-order valence-corrected chi connectivity index (χ1v) is 10.6. The summed E-state index contributed by atoms with van der Waals surface area (Å²) in [4.78, 5) is 4.67.